The SMILES string of the molecule is CSCC[C@H](NC(=O)N1CCc2ccccc21)C(=O)O. The number of aliphatic carboxylic acids is 1. The number of amides is 2. The lowest BCUT2D eigenvalue weighted by molar-refractivity contribution is -0.139. The van der Waals surface area contributed by atoms with Crippen molar-refractivity contribution < 1.29 is 14.7 Å². The molecule has 0 bridgehead atoms. The average molecular weight is 294 g/mol. The summed E-state index contributed by atoms with van der Waals surface area (Å²) in [5.74, 6) is -0.284. The fourth-order valence-electron chi connectivity index (χ4n) is 2.27. The number of hydrogen-bond donors (Lipinski definition) is 2. The zero-order valence-electron chi connectivity index (χ0n) is 11.3. The topological polar surface area (TPSA) is 69.6 Å². The van der Waals surface area contributed by atoms with Crippen LogP contribution in [0.15, 0.2) is 24.3 Å². The summed E-state index contributed by atoms with van der Waals surface area (Å²) >= 11 is 1.57. The largest absolute Gasteiger partial charge is 0.480 e. The number of nitrogens with zero attached hydrogens (tertiary/aromatic N) is 1. The molecule has 20 heavy (non-hydrogen) atoms. The van der Waals surface area contributed by atoms with E-state index >= 15 is 0 Å². The van der Waals surface area contributed by atoms with Gasteiger partial charge in [0.2, 0.25) is 0 Å². The Morgan fingerprint density at radius 3 is 2.90 bits per heavy atom. The van der Waals surface area contributed by atoms with Gasteiger partial charge in [-0.15, -0.1) is 0 Å². The Kier molecular flexibility index (Phi) is 4.89. The van der Waals surface area contributed by atoms with Crippen molar-refractivity contribution in [1.29, 1.82) is 0 Å². The molecule has 0 radical (unpaired) electrons. The molecule has 1 aromatic rings. The lowest BCUT2D eigenvalue weighted by Crippen LogP contribution is -2.47. The Labute approximate surface area is 122 Å². The van der Waals surface area contributed by atoms with Gasteiger partial charge in [-0.1, -0.05) is 18.2 Å². The first-order chi connectivity index (χ1) is 9.63. The van der Waals surface area contributed by atoms with Crippen LogP contribution in [0.25, 0.3) is 0 Å². The summed E-state index contributed by atoms with van der Waals surface area (Å²) in [4.78, 5) is 25.0. The van der Waals surface area contributed by atoms with E-state index in [1.807, 2.05) is 30.5 Å². The first-order valence-corrected chi connectivity index (χ1v) is 7.90. The van der Waals surface area contributed by atoms with Crippen LogP contribution in [0.5, 0.6) is 0 Å². The molecule has 0 saturated heterocycles. The number of urea groups is 1. The molecule has 1 aliphatic heterocycles. The second kappa shape index (κ2) is 6.65. The highest BCUT2D eigenvalue weighted by Crippen LogP contribution is 2.27. The van der Waals surface area contributed by atoms with E-state index in [9.17, 15) is 9.59 Å². The third-order valence-corrected chi connectivity index (χ3v) is 3.98. The van der Waals surface area contributed by atoms with Gasteiger partial charge in [0.05, 0.1) is 0 Å². The molecule has 0 fully saturated rings. The molecule has 0 spiro atoms. The molecule has 1 aliphatic rings. The number of carbonyl (C=O) groups excluding carboxylic acids is 1. The molecular formula is C14H18N2O3S. The Morgan fingerprint density at radius 1 is 1.45 bits per heavy atom. The Morgan fingerprint density at radius 2 is 2.20 bits per heavy atom. The van der Waals surface area contributed by atoms with Crippen LogP contribution in [0.1, 0.15) is 12.0 Å². The number of carboxylic acids is 1. The molecule has 6 heteroatoms. The van der Waals surface area contributed by atoms with Gasteiger partial charge < -0.3 is 10.4 Å². The highest BCUT2D eigenvalue weighted by atomic mass is 32.2. The van der Waals surface area contributed by atoms with Gasteiger partial charge in [0.25, 0.3) is 0 Å². The molecule has 0 saturated carbocycles. The number of para-hydroxylation sites is 1. The van der Waals surface area contributed by atoms with E-state index < -0.39 is 12.0 Å². The Balaban J connectivity index is 2.03. The maximum Gasteiger partial charge on any atom is 0.326 e. The van der Waals surface area contributed by atoms with Gasteiger partial charge in [0, 0.05) is 12.2 Å². The molecule has 1 atom stereocenters. The highest BCUT2D eigenvalue weighted by molar-refractivity contribution is 7.98. The predicted molar refractivity (Wildman–Crippen MR) is 80.4 cm³/mol. The predicted octanol–water partition coefficient (Wildman–Crippen LogP) is 1.96. The maximum absolute atomic E-state index is 12.2. The third-order valence-electron chi connectivity index (χ3n) is 3.34. The van der Waals surface area contributed by atoms with E-state index in [2.05, 4.69) is 5.32 Å². The summed E-state index contributed by atoms with van der Waals surface area (Å²) in [6.07, 6.45) is 3.15. The number of fused-ring (bicyclic) bond motifs is 1. The first kappa shape index (κ1) is 14.7. The smallest absolute Gasteiger partial charge is 0.326 e. The van der Waals surface area contributed by atoms with Crippen molar-refractivity contribution >= 4 is 29.4 Å². The van der Waals surface area contributed by atoms with Crippen LogP contribution in [-0.4, -0.2) is 41.7 Å². The van der Waals surface area contributed by atoms with Crippen LogP contribution in [0.2, 0.25) is 0 Å². The Hall–Kier alpha value is -1.69. The van der Waals surface area contributed by atoms with E-state index in [0.717, 1.165) is 17.7 Å². The lowest BCUT2D eigenvalue weighted by atomic mass is 10.2. The van der Waals surface area contributed by atoms with Crippen LogP contribution >= 0.6 is 11.8 Å². The summed E-state index contributed by atoms with van der Waals surface area (Å²) in [5, 5.41) is 11.8. The molecule has 1 heterocycles. The molecule has 2 N–H and O–H groups in total. The van der Waals surface area contributed by atoms with Crippen LogP contribution < -0.4 is 10.2 Å². The lowest BCUT2D eigenvalue weighted by Gasteiger charge is -2.21. The summed E-state index contributed by atoms with van der Waals surface area (Å²) < 4.78 is 0. The van der Waals surface area contributed by atoms with Gasteiger partial charge in [0.15, 0.2) is 0 Å². The Bertz CT molecular complexity index is 507. The van der Waals surface area contributed by atoms with E-state index in [-0.39, 0.29) is 6.03 Å². The molecular weight excluding hydrogens is 276 g/mol. The van der Waals surface area contributed by atoms with Gasteiger partial charge in [0.1, 0.15) is 6.04 Å². The highest BCUT2D eigenvalue weighted by Gasteiger charge is 2.27. The van der Waals surface area contributed by atoms with Gasteiger partial charge >= 0.3 is 12.0 Å². The quantitative estimate of drug-likeness (QED) is 0.871. The minimum atomic E-state index is -0.986. The monoisotopic (exact) mass is 294 g/mol. The van der Waals surface area contributed by atoms with Crippen molar-refractivity contribution in [3.05, 3.63) is 29.8 Å². The molecule has 5 nitrogen and oxygen atoms in total. The average Bonchev–Trinajstić information content (AvgIpc) is 2.87. The number of carbonyl (C=O) groups is 2. The summed E-state index contributed by atoms with van der Waals surface area (Å²) in [6.45, 7) is 0.597. The van der Waals surface area contributed by atoms with Crippen LogP contribution in [-0.2, 0) is 11.2 Å². The summed E-state index contributed by atoms with van der Waals surface area (Å²) in [5.41, 5.74) is 2.00. The second-order valence-corrected chi connectivity index (χ2v) is 5.64. The zero-order valence-corrected chi connectivity index (χ0v) is 12.2. The number of rotatable bonds is 5. The van der Waals surface area contributed by atoms with Crippen molar-refractivity contribution in [1.82, 2.24) is 5.32 Å². The van der Waals surface area contributed by atoms with Gasteiger partial charge in [-0.05, 0) is 36.5 Å². The fraction of sp³-hybridized carbons (Fsp3) is 0.429. The van der Waals surface area contributed by atoms with Crippen LogP contribution in [0.3, 0.4) is 0 Å². The van der Waals surface area contributed by atoms with E-state index in [4.69, 9.17) is 5.11 Å². The van der Waals surface area contributed by atoms with Crippen molar-refractivity contribution in [3.8, 4) is 0 Å². The number of carboxylic acid groups (broad SMARTS) is 1. The maximum atomic E-state index is 12.2. The second-order valence-electron chi connectivity index (χ2n) is 4.65. The van der Waals surface area contributed by atoms with Crippen LogP contribution in [0.4, 0.5) is 10.5 Å². The number of thioether (sulfide) groups is 1. The summed E-state index contributed by atoms with van der Waals surface area (Å²) in [7, 11) is 0. The molecule has 0 aromatic heterocycles. The fourth-order valence-corrected chi connectivity index (χ4v) is 2.74. The van der Waals surface area contributed by atoms with Crippen LogP contribution in [0, 0.1) is 0 Å². The van der Waals surface area contributed by atoms with Gasteiger partial charge in [-0.25, -0.2) is 9.59 Å². The van der Waals surface area contributed by atoms with E-state index in [1.165, 1.54) is 0 Å². The third kappa shape index (κ3) is 3.25. The van der Waals surface area contributed by atoms with E-state index in [1.54, 1.807) is 16.7 Å². The molecule has 0 aliphatic carbocycles. The standard InChI is InChI=1S/C14H18N2O3S/c1-20-9-7-11(13(17)18)15-14(19)16-8-6-10-4-2-3-5-12(10)16/h2-5,11H,6-9H2,1H3,(H,15,19)(H,17,18)/t11-/m0/s1. The van der Waals surface area contributed by atoms with Crippen molar-refractivity contribution in [2.24, 2.45) is 0 Å². The van der Waals surface area contributed by atoms with Gasteiger partial charge in [-0.3, -0.25) is 4.90 Å². The summed E-state index contributed by atoms with van der Waals surface area (Å²) in [6, 6.07) is 6.54. The first-order valence-electron chi connectivity index (χ1n) is 6.51. The molecule has 2 amide bonds. The number of anilines is 1. The van der Waals surface area contributed by atoms with E-state index in [0.29, 0.717) is 18.7 Å². The molecule has 2 rings (SSSR count). The molecule has 0 unspecified atom stereocenters. The van der Waals surface area contributed by atoms with Crippen molar-refractivity contribution in [2.45, 2.75) is 18.9 Å². The van der Waals surface area contributed by atoms with Crippen molar-refractivity contribution in [3.63, 3.8) is 0 Å². The number of nitrogens with one attached hydrogen (secondary N) is 1. The van der Waals surface area contributed by atoms with Crippen molar-refractivity contribution in [2.75, 3.05) is 23.5 Å². The minimum Gasteiger partial charge on any atom is -0.480 e. The molecule has 108 valence electrons. The minimum absolute atomic E-state index is 0.330. The molecule has 1 aromatic carbocycles. The van der Waals surface area contributed by atoms with Gasteiger partial charge in [-0.2, -0.15) is 11.8 Å². The normalized spacial score (nSPS) is 14.8. The zero-order chi connectivity index (χ0) is 14.5. The number of benzene rings is 1. The number of hydrogen-bond acceptors (Lipinski definition) is 3.